The Kier molecular flexibility index (Phi) is 5.79. The van der Waals surface area contributed by atoms with E-state index in [4.69, 9.17) is 21.1 Å². The average molecular weight is 453 g/mol. The molecule has 0 aromatic rings. The molecule has 172 valence electrons. The lowest BCUT2D eigenvalue weighted by atomic mass is 9.45. The van der Waals surface area contributed by atoms with Gasteiger partial charge in [-0.3, -0.25) is 9.59 Å². The summed E-state index contributed by atoms with van der Waals surface area (Å²) in [5.41, 5.74) is -1.20. The Balaban J connectivity index is 1.74. The molecule has 7 atom stereocenters. The van der Waals surface area contributed by atoms with E-state index in [1.165, 1.54) is 0 Å². The molecular formula is C24H33ClO6. The molecule has 0 radical (unpaired) electrons. The first-order valence-corrected chi connectivity index (χ1v) is 12.0. The van der Waals surface area contributed by atoms with Gasteiger partial charge in [-0.2, -0.15) is 0 Å². The van der Waals surface area contributed by atoms with Crippen molar-refractivity contribution in [3.05, 3.63) is 11.6 Å². The van der Waals surface area contributed by atoms with E-state index in [1.54, 1.807) is 13.0 Å². The van der Waals surface area contributed by atoms with Gasteiger partial charge in [-0.15, -0.1) is 0 Å². The molecule has 0 saturated heterocycles. The van der Waals surface area contributed by atoms with E-state index >= 15 is 0 Å². The van der Waals surface area contributed by atoms with Crippen LogP contribution >= 0.6 is 11.6 Å². The Bertz CT molecular complexity index is 823. The number of ether oxygens (including phenoxy) is 2. The molecule has 4 aliphatic rings. The highest BCUT2D eigenvalue weighted by atomic mass is 35.5. The summed E-state index contributed by atoms with van der Waals surface area (Å²) in [7, 11) is 0. The summed E-state index contributed by atoms with van der Waals surface area (Å²) < 4.78 is 11.1. The van der Waals surface area contributed by atoms with Gasteiger partial charge in [-0.05, 0) is 67.8 Å². The van der Waals surface area contributed by atoms with Crippen LogP contribution < -0.4 is 0 Å². The number of rotatable bonds is 4. The second kappa shape index (κ2) is 7.87. The fourth-order valence-electron chi connectivity index (χ4n) is 7.65. The number of aliphatic hydroxyl groups is 1. The summed E-state index contributed by atoms with van der Waals surface area (Å²) in [5, 5.41) is 11.5. The number of carbonyl (C=O) groups excluding carboxylic acids is 3. The molecule has 4 aliphatic carbocycles. The van der Waals surface area contributed by atoms with Crippen LogP contribution in [-0.4, -0.2) is 40.6 Å². The van der Waals surface area contributed by atoms with Crippen LogP contribution in [0, 0.1) is 28.6 Å². The van der Waals surface area contributed by atoms with Gasteiger partial charge in [-0.25, -0.2) is 4.79 Å². The third kappa shape index (κ3) is 3.19. The summed E-state index contributed by atoms with van der Waals surface area (Å²) in [5.74, 6) is -0.543. The minimum atomic E-state index is -1.43. The molecule has 31 heavy (non-hydrogen) atoms. The molecule has 3 saturated carbocycles. The number of esters is 2. The van der Waals surface area contributed by atoms with Crippen LogP contribution in [0.5, 0.6) is 0 Å². The van der Waals surface area contributed by atoms with Crippen molar-refractivity contribution in [1.82, 2.24) is 0 Å². The van der Waals surface area contributed by atoms with Gasteiger partial charge < -0.3 is 14.6 Å². The molecule has 0 amide bonds. The third-order valence-corrected chi connectivity index (χ3v) is 9.22. The summed E-state index contributed by atoms with van der Waals surface area (Å²) in [6, 6.07) is -0.306. The molecule has 0 aliphatic heterocycles. The third-order valence-electron chi connectivity index (χ3n) is 9.11. The fourth-order valence-corrected chi connectivity index (χ4v) is 7.75. The summed E-state index contributed by atoms with van der Waals surface area (Å²) in [6.45, 7) is 5.86. The van der Waals surface area contributed by atoms with Gasteiger partial charge in [0.05, 0.1) is 6.10 Å². The zero-order chi connectivity index (χ0) is 22.6. The fraction of sp³-hybridized carbons (Fsp3) is 0.792. The van der Waals surface area contributed by atoms with Gasteiger partial charge in [0.25, 0.3) is 0 Å². The van der Waals surface area contributed by atoms with Crippen LogP contribution in [0.3, 0.4) is 0 Å². The van der Waals surface area contributed by atoms with Crippen LogP contribution in [0.15, 0.2) is 11.6 Å². The normalized spacial score (nSPS) is 43.9. The van der Waals surface area contributed by atoms with Crippen molar-refractivity contribution >= 4 is 29.3 Å². The maximum Gasteiger partial charge on any atom is 0.352 e. The van der Waals surface area contributed by atoms with Gasteiger partial charge in [0, 0.05) is 18.3 Å². The molecule has 0 heterocycles. The Morgan fingerprint density at radius 2 is 1.97 bits per heavy atom. The lowest BCUT2D eigenvalue weighted by molar-refractivity contribution is -0.213. The topological polar surface area (TPSA) is 89.9 Å². The number of carbonyl (C=O) groups is 3. The Morgan fingerprint density at radius 3 is 2.65 bits per heavy atom. The zero-order valence-corrected chi connectivity index (χ0v) is 19.4. The first-order valence-electron chi connectivity index (χ1n) is 11.5. The Morgan fingerprint density at radius 1 is 1.23 bits per heavy atom. The van der Waals surface area contributed by atoms with Crippen LogP contribution in [-0.2, 0) is 23.9 Å². The number of alkyl halides is 1. The molecule has 0 aromatic heterocycles. The van der Waals surface area contributed by atoms with Crippen LogP contribution in [0.4, 0.5) is 0 Å². The Hall–Kier alpha value is -1.40. The average Bonchev–Trinajstić information content (AvgIpc) is 3.01. The van der Waals surface area contributed by atoms with Crippen molar-refractivity contribution in [3.8, 4) is 0 Å². The van der Waals surface area contributed by atoms with E-state index in [2.05, 4.69) is 6.92 Å². The smallest absolute Gasteiger partial charge is 0.352 e. The number of hydrogen-bond acceptors (Lipinski definition) is 6. The number of aliphatic hydroxyl groups excluding tert-OH is 1. The zero-order valence-electron chi connectivity index (χ0n) is 18.6. The van der Waals surface area contributed by atoms with Crippen LogP contribution in [0.25, 0.3) is 0 Å². The van der Waals surface area contributed by atoms with Crippen molar-refractivity contribution in [2.24, 2.45) is 28.6 Å². The number of ketones is 1. The van der Waals surface area contributed by atoms with E-state index in [1.807, 2.05) is 6.92 Å². The minimum Gasteiger partial charge on any atom is -0.446 e. The first kappa shape index (κ1) is 22.8. The molecule has 7 heteroatoms. The highest BCUT2D eigenvalue weighted by molar-refractivity contribution is 6.17. The van der Waals surface area contributed by atoms with Gasteiger partial charge in [-0.1, -0.05) is 37.9 Å². The number of allylic oxidation sites excluding steroid dienone is 1. The predicted octanol–water partition coefficient (Wildman–Crippen LogP) is 3.92. The summed E-state index contributed by atoms with van der Waals surface area (Å²) in [4.78, 5) is 37.6. The van der Waals surface area contributed by atoms with Gasteiger partial charge in [0.15, 0.2) is 11.8 Å². The standard InChI is InChI=1S/C24H33ClO6/c1-4-19(28)31-24(21(29)30-13-25)10-8-17-16-6-5-14-11-15(26)7-9-22(14,2)20(16)18(27)12-23(17,24)3/h11,16-18,20,27H,4-10,12-13H2,1-3H3/t16?,17?,18-,20?,22?,23?,24-/m0/s1. The highest BCUT2D eigenvalue weighted by Gasteiger charge is 2.71. The molecule has 0 bridgehead atoms. The van der Waals surface area contributed by atoms with Crippen molar-refractivity contribution in [2.75, 3.05) is 6.07 Å². The molecule has 3 fully saturated rings. The second-order valence-corrected chi connectivity index (χ2v) is 10.5. The first-order chi connectivity index (χ1) is 14.6. The van der Waals surface area contributed by atoms with Gasteiger partial charge in [0.2, 0.25) is 5.60 Å². The molecular weight excluding hydrogens is 420 g/mol. The van der Waals surface area contributed by atoms with E-state index in [-0.39, 0.29) is 41.4 Å². The van der Waals surface area contributed by atoms with Crippen LogP contribution in [0.1, 0.15) is 72.1 Å². The predicted molar refractivity (Wildman–Crippen MR) is 114 cm³/mol. The largest absolute Gasteiger partial charge is 0.446 e. The second-order valence-electron chi connectivity index (χ2n) is 10.3. The number of fused-ring (bicyclic) bond motifs is 5. The monoisotopic (exact) mass is 452 g/mol. The van der Waals surface area contributed by atoms with Crippen molar-refractivity contribution in [2.45, 2.75) is 83.8 Å². The van der Waals surface area contributed by atoms with E-state index in [9.17, 15) is 19.5 Å². The molecule has 1 N–H and O–H groups in total. The molecule has 5 unspecified atom stereocenters. The molecule has 0 aromatic carbocycles. The molecule has 6 nitrogen and oxygen atoms in total. The minimum absolute atomic E-state index is 0.0281. The maximum atomic E-state index is 13.2. The Labute approximate surface area is 188 Å². The summed E-state index contributed by atoms with van der Waals surface area (Å²) in [6.07, 6.45) is 5.72. The summed E-state index contributed by atoms with van der Waals surface area (Å²) >= 11 is 5.71. The lowest BCUT2D eigenvalue weighted by Gasteiger charge is -2.60. The maximum absolute atomic E-state index is 13.2. The molecule has 4 rings (SSSR count). The van der Waals surface area contributed by atoms with Crippen molar-refractivity contribution in [1.29, 1.82) is 0 Å². The highest BCUT2D eigenvalue weighted by Crippen LogP contribution is 2.68. The van der Waals surface area contributed by atoms with Crippen molar-refractivity contribution in [3.63, 3.8) is 0 Å². The lowest BCUT2D eigenvalue weighted by Crippen LogP contribution is -2.63. The quantitative estimate of drug-likeness (QED) is 0.513. The van der Waals surface area contributed by atoms with Gasteiger partial charge in [0.1, 0.15) is 0 Å². The van der Waals surface area contributed by atoms with E-state index in [0.717, 1.165) is 31.3 Å². The van der Waals surface area contributed by atoms with E-state index < -0.39 is 29.1 Å². The molecule has 0 spiro atoms. The number of hydrogen-bond donors (Lipinski definition) is 1. The van der Waals surface area contributed by atoms with Gasteiger partial charge >= 0.3 is 11.9 Å². The van der Waals surface area contributed by atoms with E-state index in [0.29, 0.717) is 19.3 Å². The number of halogens is 1. The van der Waals surface area contributed by atoms with Crippen LogP contribution in [0.2, 0.25) is 0 Å². The SMILES string of the molecule is CCC(=O)O[C@]1(C(=O)OCCl)CCC2C3CCC4=CC(=O)CCC4(C)C3[C@@H](O)CC21C. The van der Waals surface area contributed by atoms with Crippen molar-refractivity contribution < 1.29 is 29.0 Å².